The van der Waals surface area contributed by atoms with Crippen molar-refractivity contribution in [3.63, 3.8) is 0 Å². The molecule has 5 nitrogen and oxygen atoms in total. The summed E-state index contributed by atoms with van der Waals surface area (Å²) in [4.78, 5) is 6.95. The van der Waals surface area contributed by atoms with Gasteiger partial charge >= 0.3 is 0 Å². The maximum Gasteiger partial charge on any atom is 0.135 e. The molecule has 4 aliphatic rings. The van der Waals surface area contributed by atoms with Crippen molar-refractivity contribution in [2.75, 3.05) is 28.7 Å². The van der Waals surface area contributed by atoms with Gasteiger partial charge in [-0.25, -0.2) is 4.98 Å². The Labute approximate surface area is 135 Å². The lowest BCUT2D eigenvalue weighted by molar-refractivity contribution is -0.0225. The van der Waals surface area contributed by atoms with E-state index in [1.54, 1.807) is 0 Å². The van der Waals surface area contributed by atoms with Gasteiger partial charge in [0.05, 0.1) is 30.1 Å². The number of hydrogen-bond donors (Lipinski definition) is 2. The van der Waals surface area contributed by atoms with Gasteiger partial charge in [0.2, 0.25) is 0 Å². The number of nitrogens with one attached hydrogen (secondary N) is 2. The van der Waals surface area contributed by atoms with E-state index >= 15 is 0 Å². The zero-order valence-corrected chi connectivity index (χ0v) is 13.0. The Kier molecular flexibility index (Phi) is 2.94. The Balaban J connectivity index is 1.47. The highest BCUT2D eigenvalue weighted by atomic mass is 16.5. The number of rotatable bonds is 1. The van der Waals surface area contributed by atoms with E-state index in [0.717, 1.165) is 36.9 Å². The number of hydrogen-bond acceptors (Lipinski definition) is 5. The molecule has 1 aromatic carbocycles. The molecule has 0 radical (unpaired) electrons. The van der Waals surface area contributed by atoms with E-state index in [1.165, 1.54) is 24.1 Å². The molecule has 1 aromatic heterocycles. The first-order valence-corrected chi connectivity index (χ1v) is 8.34. The Morgan fingerprint density at radius 1 is 1.17 bits per heavy atom. The first-order chi connectivity index (χ1) is 11.4. The number of aromatic nitrogens is 1. The number of piperidine rings is 1. The molecule has 3 saturated heterocycles. The summed E-state index contributed by atoms with van der Waals surface area (Å²) in [7, 11) is 0. The average Bonchev–Trinajstić information content (AvgIpc) is 2.81. The molecule has 2 N–H and O–H groups in total. The molecule has 5 heterocycles. The van der Waals surface area contributed by atoms with E-state index in [-0.39, 0.29) is 0 Å². The molecule has 23 heavy (non-hydrogen) atoms. The predicted octanol–water partition coefficient (Wildman–Crippen LogP) is 3.12. The largest absolute Gasteiger partial charge is 0.379 e. The summed E-state index contributed by atoms with van der Waals surface area (Å²) in [5.74, 6) is 0.942. The number of nitrogens with zero attached hydrogens (tertiary/aromatic N) is 2. The van der Waals surface area contributed by atoms with E-state index in [9.17, 15) is 0 Å². The fourth-order valence-electron chi connectivity index (χ4n) is 3.84. The van der Waals surface area contributed by atoms with Crippen LogP contribution in [0.2, 0.25) is 0 Å². The lowest BCUT2D eigenvalue weighted by atomic mass is 9.96. The molecule has 0 unspecified atom stereocenters. The Morgan fingerprint density at radius 3 is 3.00 bits per heavy atom. The van der Waals surface area contributed by atoms with Crippen LogP contribution in [0.5, 0.6) is 0 Å². The van der Waals surface area contributed by atoms with Gasteiger partial charge in [0.1, 0.15) is 5.82 Å². The summed E-state index contributed by atoms with van der Waals surface area (Å²) in [6.45, 7) is 2.67. The minimum Gasteiger partial charge on any atom is -0.379 e. The zero-order valence-electron chi connectivity index (χ0n) is 13.0. The number of fused-ring (bicyclic) bond motifs is 5. The second-order valence-electron chi connectivity index (χ2n) is 6.56. The summed E-state index contributed by atoms with van der Waals surface area (Å²) >= 11 is 0. The van der Waals surface area contributed by atoms with Gasteiger partial charge in [0, 0.05) is 30.5 Å². The van der Waals surface area contributed by atoms with Crippen molar-refractivity contribution >= 4 is 22.9 Å². The fraction of sp³-hybridized carbons (Fsp3) is 0.389. The first kappa shape index (κ1) is 13.2. The molecule has 0 amide bonds. The normalized spacial score (nSPS) is 25.0. The van der Waals surface area contributed by atoms with Crippen LogP contribution in [0.15, 0.2) is 36.5 Å². The molecule has 0 aliphatic carbocycles. The Morgan fingerprint density at radius 2 is 2.17 bits per heavy atom. The van der Waals surface area contributed by atoms with Crippen molar-refractivity contribution in [2.24, 2.45) is 0 Å². The highest BCUT2D eigenvalue weighted by Gasteiger charge is 2.34. The number of ether oxygens (including phenoxy) is 1. The van der Waals surface area contributed by atoms with Crippen LogP contribution in [-0.2, 0) is 11.3 Å². The van der Waals surface area contributed by atoms with Crippen LogP contribution in [0.4, 0.5) is 22.9 Å². The molecule has 3 fully saturated rings. The van der Waals surface area contributed by atoms with Gasteiger partial charge < -0.3 is 20.3 Å². The molecule has 118 valence electrons. The van der Waals surface area contributed by atoms with Crippen molar-refractivity contribution in [3.05, 3.63) is 42.1 Å². The third kappa shape index (κ3) is 2.23. The van der Waals surface area contributed by atoms with Gasteiger partial charge in [-0.3, -0.25) is 0 Å². The monoisotopic (exact) mass is 308 g/mol. The summed E-state index contributed by atoms with van der Waals surface area (Å²) in [5.41, 5.74) is 4.71. The van der Waals surface area contributed by atoms with Crippen LogP contribution in [0.25, 0.3) is 0 Å². The quantitative estimate of drug-likeness (QED) is 0.848. The van der Waals surface area contributed by atoms with Crippen LogP contribution in [-0.4, -0.2) is 30.3 Å². The molecule has 6 rings (SSSR count). The SMILES string of the molecule is c1cnc2c(c1)CNc1cc(N3C[C@H]4CC[C@@H]3CO4)ccc1N2. The van der Waals surface area contributed by atoms with E-state index < -0.39 is 0 Å². The summed E-state index contributed by atoms with van der Waals surface area (Å²) in [6.07, 6.45) is 4.67. The number of anilines is 4. The topological polar surface area (TPSA) is 49.4 Å². The molecule has 5 heteroatoms. The number of pyridine rings is 1. The smallest absolute Gasteiger partial charge is 0.135 e. The van der Waals surface area contributed by atoms with Gasteiger partial charge in [-0.2, -0.15) is 0 Å². The molecule has 2 aromatic rings. The van der Waals surface area contributed by atoms with Crippen LogP contribution in [0, 0.1) is 0 Å². The molecule has 4 aliphatic heterocycles. The lowest BCUT2D eigenvalue weighted by Crippen LogP contribution is -2.54. The molecular weight excluding hydrogens is 288 g/mol. The molecule has 0 saturated carbocycles. The van der Waals surface area contributed by atoms with Crippen molar-refractivity contribution in [1.82, 2.24) is 4.98 Å². The van der Waals surface area contributed by atoms with Gasteiger partial charge in [-0.1, -0.05) is 6.07 Å². The van der Waals surface area contributed by atoms with Gasteiger partial charge in [0.25, 0.3) is 0 Å². The Bertz CT molecular complexity index is 740. The second kappa shape index (κ2) is 5.13. The van der Waals surface area contributed by atoms with Crippen molar-refractivity contribution in [1.29, 1.82) is 0 Å². The third-order valence-electron chi connectivity index (χ3n) is 5.14. The van der Waals surface area contributed by atoms with Crippen LogP contribution in [0.3, 0.4) is 0 Å². The van der Waals surface area contributed by atoms with Gasteiger partial charge in [0.15, 0.2) is 0 Å². The standard InChI is InChI=1S/C18H20N4O/c1-2-12-9-20-17-8-13(4-6-16(17)21-18(12)19-7-1)22-10-15-5-3-14(22)11-23-15/h1-2,4,6-8,14-15,20H,3,5,9-11H2,(H,19,21)/t14-,15-/m1/s1. The fourth-order valence-corrected chi connectivity index (χ4v) is 3.84. The Hall–Kier alpha value is -2.27. The van der Waals surface area contributed by atoms with Crippen LogP contribution < -0.4 is 15.5 Å². The lowest BCUT2D eigenvalue weighted by Gasteiger charge is -2.46. The van der Waals surface area contributed by atoms with Crippen molar-refractivity contribution < 1.29 is 4.74 Å². The van der Waals surface area contributed by atoms with Crippen molar-refractivity contribution in [2.45, 2.75) is 31.5 Å². The van der Waals surface area contributed by atoms with Crippen molar-refractivity contribution in [3.8, 4) is 0 Å². The summed E-state index contributed by atoms with van der Waals surface area (Å²) < 4.78 is 5.83. The van der Waals surface area contributed by atoms with Gasteiger partial charge in [-0.15, -0.1) is 0 Å². The highest BCUT2D eigenvalue weighted by Crippen LogP contribution is 2.37. The van der Waals surface area contributed by atoms with E-state index in [2.05, 4.69) is 44.8 Å². The summed E-state index contributed by atoms with van der Waals surface area (Å²) in [5, 5.41) is 6.99. The second-order valence-corrected chi connectivity index (χ2v) is 6.56. The maximum absolute atomic E-state index is 5.83. The van der Waals surface area contributed by atoms with E-state index in [4.69, 9.17) is 4.74 Å². The molecule has 0 spiro atoms. The first-order valence-electron chi connectivity index (χ1n) is 8.34. The third-order valence-corrected chi connectivity index (χ3v) is 5.14. The highest BCUT2D eigenvalue weighted by molar-refractivity contribution is 5.80. The molecule has 2 atom stereocenters. The number of benzene rings is 1. The summed E-state index contributed by atoms with van der Waals surface area (Å²) in [6, 6.07) is 11.2. The van der Waals surface area contributed by atoms with E-state index in [1.807, 2.05) is 12.3 Å². The van der Waals surface area contributed by atoms with Crippen LogP contribution >= 0.6 is 0 Å². The predicted molar refractivity (Wildman–Crippen MR) is 91.4 cm³/mol. The minimum absolute atomic E-state index is 0.401. The molecular formula is C18H20N4O. The zero-order chi connectivity index (χ0) is 15.2. The maximum atomic E-state index is 5.83. The average molecular weight is 308 g/mol. The minimum atomic E-state index is 0.401. The van der Waals surface area contributed by atoms with Gasteiger partial charge in [-0.05, 0) is 37.1 Å². The van der Waals surface area contributed by atoms with Crippen LogP contribution in [0.1, 0.15) is 18.4 Å². The molecule has 2 bridgehead atoms. The van der Waals surface area contributed by atoms with E-state index in [0.29, 0.717) is 12.1 Å². The number of morpholine rings is 1.